The van der Waals surface area contributed by atoms with Gasteiger partial charge in [0.1, 0.15) is 0 Å². The van der Waals surface area contributed by atoms with Crippen LogP contribution >= 0.6 is 0 Å². The molecule has 4 heteroatoms. The maximum atomic E-state index is 12.8. The van der Waals surface area contributed by atoms with Crippen LogP contribution in [0.25, 0.3) is 0 Å². The minimum absolute atomic E-state index is 0.0301. The van der Waals surface area contributed by atoms with Gasteiger partial charge in [0.2, 0.25) is 0 Å². The molecule has 0 aliphatic carbocycles. The van der Waals surface area contributed by atoms with E-state index in [2.05, 4.69) is 38.2 Å². The first kappa shape index (κ1) is 18.8. The minimum atomic E-state index is 0.0301. The molecule has 1 fully saturated rings. The molecular formula is C20H32N2O2. The van der Waals surface area contributed by atoms with Gasteiger partial charge in [0, 0.05) is 25.6 Å². The zero-order valence-electron chi connectivity index (χ0n) is 15.5. The minimum Gasteiger partial charge on any atom is -0.381 e. The van der Waals surface area contributed by atoms with Crippen LogP contribution in [0.3, 0.4) is 0 Å². The highest BCUT2D eigenvalue weighted by Crippen LogP contribution is 2.29. The second-order valence-corrected chi connectivity index (χ2v) is 7.95. The summed E-state index contributed by atoms with van der Waals surface area (Å²) in [7, 11) is 0. The Bertz CT molecular complexity index is 504. The van der Waals surface area contributed by atoms with Gasteiger partial charge in [-0.1, -0.05) is 51.1 Å². The smallest absolute Gasteiger partial charge is 0.317 e. The number of urea groups is 1. The van der Waals surface area contributed by atoms with Crippen LogP contribution in [-0.4, -0.2) is 37.2 Å². The number of ether oxygens (including phenoxy) is 1. The topological polar surface area (TPSA) is 41.6 Å². The Kier molecular flexibility index (Phi) is 6.67. The van der Waals surface area contributed by atoms with Crippen molar-refractivity contribution in [1.82, 2.24) is 10.2 Å². The Morgan fingerprint density at radius 1 is 1.33 bits per heavy atom. The lowest BCUT2D eigenvalue weighted by molar-refractivity contribution is 0.163. The number of amides is 2. The summed E-state index contributed by atoms with van der Waals surface area (Å²) < 4.78 is 5.44. The van der Waals surface area contributed by atoms with E-state index in [1.807, 2.05) is 30.0 Å². The predicted molar refractivity (Wildman–Crippen MR) is 98.0 cm³/mol. The SMILES string of the molecule is CCN(C[C@@H]1CCOC1)C(=O)N[C@@H](CC(C)(C)C)c1ccccc1. The van der Waals surface area contributed by atoms with E-state index in [0.29, 0.717) is 5.92 Å². The Labute approximate surface area is 146 Å². The largest absolute Gasteiger partial charge is 0.381 e. The number of carbonyl (C=O) groups excluding carboxylic acids is 1. The average molecular weight is 332 g/mol. The van der Waals surface area contributed by atoms with Crippen LogP contribution in [0.2, 0.25) is 0 Å². The maximum absolute atomic E-state index is 12.8. The molecule has 1 heterocycles. The van der Waals surface area contributed by atoms with Gasteiger partial charge in [-0.25, -0.2) is 4.79 Å². The molecule has 1 aliphatic heterocycles. The molecule has 0 saturated carbocycles. The third-order valence-electron chi connectivity index (χ3n) is 4.49. The molecule has 0 aromatic heterocycles. The van der Waals surface area contributed by atoms with Gasteiger partial charge in [-0.3, -0.25) is 0 Å². The van der Waals surface area contributed by atoms with Crippen LogP contribution in [0, 0.1) is 11.3 Å². The molecule has 0 spiro atoms. The molecule has 2 atom stereocenters. The summed E-state index contributed by atoms with van der Waals surface area (Å²) in [6.45, 7) is 11.8. The molecule has 134 valence electrons. The molecule has 2 amide bonds. The van der Waals surface area contributed by atoms with Crippen molar-refractivity contribution in [3.8, 4) is 0 Å². The van der Waals surface area contributed by atoms with E-state index in [1.54, 1.807) is 0 Å². The Balaban J connectivity index is 2.04. The van der Waals surface area contributed by atoms with Crippen molar-refractivity contribution in [2.24, 2.45) is 11.3 Å². The number of carbonyl (C=O) groups is 1. The molecule has 0 radical (unpaired) electrons. The highest BCUT2D eigenvalue weighted by atomic mass is 16.5. The van der Waals surface area contributed by atoms with E-state index in [1.165, 1.54) is 5.56 Å². The average Bonchev–Trinajstić information content (AvgIpc) is 3.04. The van der Waals surface area contributed by atoms with Crippen molar-refractivity contribution in [3.63, 3.8) is 0 Å². The van der Waals surface area contributed by atoms with Crippen LogP contribution in [0.1, 0.15) is 52.1 Å². The van der Waals surface area contributed by atoms with Gasteiger partial charge in [-0.2, -0.15) is 0 Å². The second kappa shape index (κ2) is 8.52. The van der Waals surface area contributed by atoms with Crippen LogP contribution in [0.15, 0.2) is 30.3 Å². The Morgan fingerprint density at radius 2 is 2.04 bits per heavy atom. The summed E-state index contributed by atoms with van der Waals surface area (Å²) >= 11 is 0. The molecule has 4 nitrogen and oxygen atoms in total. The Hall–Kier alpha value is -1.55. The number of rotatable bonds is 6. The fourth-order valence-corrected chi connectivity index (χ4v) is 3.18. The molecule has 1 aromatic carbocycles. The first-order chi connectivity index (χ1) is 11.4. The molecule has 1 saturated heterocycles. The molecule has 1 N–H and O–H groups in total. The van der Waals surface area contributed by atoms with E-state index in [4.69, 9.17) is 4.74 Å². The zero-order valence-corrected chi connectivity index (χ0v) is 15.5. The molecule has 24 heavy (non-hydrogen) atoms. The highest BCUT2D eigenvalue weighted by Gasteiger charge is 2.26. The summed E-state index contributed by atoms with van der Waals surface area (Å²) in [6, 6.07) is 10.3. The van der Waals surface area contributed by atoms with Crippen LogP contribution < -0.4 is 5.32 Å². The lowest BCUT2D eigenvalue weighted by atomic mass is 9.85. The molecule has 2 rings (SSSR count). The number of hydrogen-bond acceptors (Lipinski definition) is 2. The van der Waals surface area contributed by atoms with Crippen molar-refractivity contribution in [1.29, 1.82) is 0 Å². The van der Waals surface area contributed by atoms with Crippen molar-refractivity contribution in [2.75, 3.05) is 26.3 Å². The van der Waals surface area contributed by atoms with Gasteiger partial charge in [0.15, 0.2) is 0 Å². The first-order valence-electron chi connectivity index (χ1n) is 9.07. The van der Waals surface area contributed by atoms with E-state index in [9.17, 15) is 4.79 Å². The molecule has 0 bridgehead atoms. The number of nitrogens with one attached hydrogen (secondary N) is 1. The van der Waals surface area contributed by atoms with Gasteiger partial charge < -0.3 is 15.0 Å². The summed E-state index contributed by atoms with van der Waals surface area (Å²) in [5, 5.41) is 3.26. The Morgan fingerprint density at radius 3 is 2.58 bits per heavy atom. The van der Waals surface area contributed by atoms with Crippen molar-refractivity contribution < 1.29 is 9.53 Å². The molecule has 0 unspecified atom stereocenters. The predicted octanol–water partition coefficient (Wildman–Crippen LogP) is 4.23. The van der Waals surface area contributed by atoms with Crippen LogP contribution in [0.5, 0.6) is 0 Å². The fourth-order valence-electron chi connectivity index (χ4n) is 3.18. The quantitative estimate of drug-likeness (QED) is 0.847. The number of hydrogen-bond donors (Lipinski definition) is 1. The number of benzene rings is 1. The van der Waals surface area contributed by atoms with E-state index < -0.39 is 0 Å². The molecular weight excluding hydrogens is 300 g/mol. The van der Waals surface area contributed by atoms with Gasteiger partial charge in [-0.05, 0) is 30.7 Å². The van der Waals surface area contributed by atoms with Crippen molar-refractivity contribution >= 4 is 6.03 Å². The molecule has 1 aromatic rings. The summed E-state index contributed by atoms with van der Waals surface area (Å²) in [4.78, 5) is 14.7. The van der Waals surface area contributed by atoms with Gasteiger partial charge in [0.05, 0.1) is 12.6 Å². The maximum Gasteiger partial charge on any atom is 0.317 e. The lowest BCUT2D eigenvalue weighted by Gasteiger charge is -2.31. The molecule has 1 aliphatic rings. The summed E-state index contributed by atoms with van der Waals surface area (Å²) in [5.41, 5.74) is 1.31. The van der Waals surface area contributed by atoms with Crippen molar-refractivity contribution in [3.05, 3.63) is 35.9 Å². The van der Waals surface area contributed by atoms with E-state index in [-0.39, 0.29) is 17.5 Å². The third kappa shape index (κ3) is 5.82. The van der Waals surface area contributed by atoms with Gasteiger partial charge >= 0.3 is 6.03 Å². The van der Waals surface area contributed by atoms with Crippen LogP contribution in [0.4, 0.5) is 4.79 Å². The third-order valence-corrected chi connectivity index (χ3v) is 4.49. The van der Waals surface area contributed by atoms with E-state index >= 15 is 0 Å². The van der Waals surface area contributed by atoms with Crippen molar-refractivity contribution in [2.45, 2.75) is 46.6 Å². The second-order valence-electron chi connectivity index (χ2n) is 7.95. The zero-order chi connectivity index (χ0) is 17.6. The normalized spacial score (nSPS) is 19.1. The summed E-state index contributed by atoms with van der Waals surface area (Å²) in [5.74, 6) is 0.466. The fraction of sp³-hybridized carbons (Fsp3) is 0.650. The first-order valence-corrected chi connectivity index (χ1v) is 9.07. The summed E-state index contributed by atoms with van der Waals surface area (Å²) in [6.07, 6.45) is 1.96. The van der Waals surface area contributed by atoms with Gasteiger partial charge in [-0.15, -0.1) is 0 Å². The highest BCUT2D eigenvalue weighted by molar-refractivity contribution is 5.74. The van der Waals surface area contributed by atoms with Crippen LogP contribution in [-0.2, 0) is 4.74 Å². The standard InChI is InChI=1S/C20H32N2O2/c1-5-22(14-16-11-12-24-15-16)19(23)21-18(13-20(2,3)4)17-9-7-6-8-10-17/h6-10,16,18H,5,11-15H2,1-4H3,(H,21,23)/t16-,18-/m0/s1. The number of nitrogens with zero attached hydrogens (tertiary/aromatic N) is 1. The lowest BCUT2D eigenvalue weighted by Crippen LogP contribution is -2.44. The van der Waals surface area contributed by atoms with E-state index in [0.717, 1.165) is 39.1 Å². The monoisotopic (exact) mass is 332 g/mol. The van der Waals surface area contributed by atoms with Gasteiger partial charge in [0.25, 0.3) is 0 Å².